The van der Waals surface area contributed by atoms with E-state index in [0.29, 0.717) is 18.7 Å². The van der Waals surface area contributed by atoms with E-state index in [1.165, 1.54) is 19.1 Å². The van der Waals surface area contributed by atoms with Gasteiger partial charge in [0.1, 0.15) is 5.82 Å². The van der Waals surface area contributed by atoms with Crippen LogP contribution in [0.5, 0.6) is 0 Å². The summed E-state index contributed by atoms with van der Waals surface area (Å²) in [5.74, 6) is -1.27. The fourth-order valence-electron chi connectivity index (χ4n) is 1.53. The van der Waals surface area contributed by atoms with E-state index in [1.807, 2.05) is 0 Å². The van der Waals surface area contributed by atoms with Crippen molar-refractivity contribution in [3.8, 4) is 0 Å². The van der Waals surface area contributed by atoms with Gasteiger partial charge in [-0.3, -0.25) is 9.59 Å². The molecule has 0 aliphatic heterocycles. The van der Waals surface area contributed by atoms with Gasteiger partial charge in [0.15, 0.2) is 0 Å². The number of nitrogens with two attached hydrogens (primary N) is 1. The second kappa shape index (κ2) is 9.28. The van der Waals surface area contributed by atoms with Gasteiger partial charge < -0.3 is 16.4 Å². The first-order chi connectivity index (χ1) is 9.04. The fraction of sp³-hybridized carbons (Fsp3) is 0.385. The van der Waals surface area contributed by atoms with Crippen molar-refractivity contribution >= 4 is 29.9 Å². The van der Waals surface area contributed by atoms with Gasteiger partial charge in [0.05, 0.1) is 5.69 Å². The molecule has 0 unspecified atom stereocenters. The van der Waals surface area contributed by atoms with Crippen molar-refractivity contribution in [3.63, 3.8) is 0 Å². The number of amides is 2. The maximum atomic E-state index is 13.4. The molecule has 0 aromatic heterocycles. The molecule has 1 aromatic rings. The van der Waals surface area contributed by atoms with E-state index in [4.69, 9.17) is 5.73 Å². The van der Waals surface area contributed by atoms with Crippen molar-refractivity contribution in [3.05, 3.63) is 29.6 Å². The van der Waals surface area contributed by atoms with E-state index < -0.39 is 5.82 Å². The lowest BCUT2D eigenvalue weighted by Gasteiger charge is -2.08. The van der Waals surface area contributed by atoms with Crippen LogP contribution < -0.4 is 16.4 Å². The highest BCUT2D eigenvalue weighted by molar-refractivity contribution is 5.96. The largest absolute Gasteiger partial charge is 0.352 e. The average Bonchev–Trinajstić information content (AvgIpc) is 2.36. The number of unbranched alkanes of at least 4 members (excludes halogenated alkanes) is 1. The van der Waals surface area contributed by atoms with E-state index in [0.717, 1.165) is 18.9 Å². The molecule has 0 spiro atoms. The van der Waals surface area contributed by atoms with Gasteiger partial charge in [0.25, 0.3) is 5.91 Å². The topological polar surface area (TPSA) is 84.2 Å². The van der Waals surface area contributed by atoms with E-state index >= 15 is 0 Å². The molecule has 0 aliphatic carbocycles. The lowest BCUT2D eigenvalue weighted by Crippen LogP contribution is -2.25. The molecule has 0 bridgehead atoms. The fourth-order valence-corrected chi connectivity index (χ4v) is 1.53. The summed E-state index contributed by atoms with van der Waals surface area (Å²) < 4.78 is 13.4. The van der Waals surface area contributed by atoms with Gasteiger partial charge in [-0.25, -0.2) is 4.39 Å². The van der Waals surface area contributed by atoms with Crippen molar-refractivity contribution in [2.45, 2.75) is 19.8 Å². The van der Waals surface area contributed by atoms with Gasteiger partial charge in [-0.05, 0) is 37.6 Å². The van der Waals surface area contributed by atoms with Crippen LogP contribution in [-0.4, -0.2) is 24.9 Å². The summed E-state index contributed by atoms with van der Waals surface area (Å²) in [7, 11) is 0. The Labute approximate surface area is 123 Å². The summed E-state index contributed by atoms with van der Waals surface area (Å²) in [6, 6.07) is 3.84. The normalized spacial score (nSPS) is 9.55. The zero-order valence-electron chi connectivity index (χ0n) is 11.2. The third kappa shape index (κ3) is 5.99. The quantitative estimate of drug-likeness (QED) is 0.699. The van der Waals surface area contributed by atoms with Crippen molar-refractivity contribution in [2.24, 2.45) is 5.73 Å². The van der Waals surface area contributed by atoms with Crippen LogP contribution in [0.15, 0.2) is 18.2 Å². The third-order valence-corrected chi connectivity index (χ3v) is 2.46. The lowest BCUT2D eigenvalue weighted by molar-refractivity contribution is -0.114. The van der Waals surface area contributed by atoms with Gasteiger partial charge in [0, 0.05) is 19.0 Å². The monoisotopic (exact) mass is 303 g/mol. The molecule has 0 saturated carbocycles. The van der Waals surface area contributed by atoms with Gasteiger partial charge in [-0.2, -0.15) is 0 Å². The Bertz CT molecular complexity index is 469. The van der Waals surface area contributed by atoms with E-state index in [2.05, 4.69) is 10.6 Å². The van der Waals surface area contributed by atoms with E-state index in [1.54, 1.807) is 0 Å². The average molecular weight is 304 g/mol. The first-order valence-corrected chi connectivity index (χ1v) is 6.10. The van der Waals surface area contributed by atoms with Crippen LogP contribution in [0, 0.1) is 5.82 Å². The molecular formula is C13H19ClFN3O2. The summed E-state index contributed by atoms with van der Waals surface area (Å²) in [5.41, 5.74) is 5.65. The molecule has 0 saturated heterocycles. The van der Waals surface area contributed by atoms with Gasteiger partial charge >= 0.3 is 0 Å². The number of rotatable bonds is 6. The number of nitrogens with one attached hydrogen (secondary N) is 2. The smallest absolute Gasteiger partial charge is 0.251 e. The predicted molar refractivity (Wildman–Crippen MR) is 78.6 cm³/mol. The standard InChI is InChI=1S/C13H18FN3O2.ClH/c1-9(18)17-12-8-10(4-5-11(12)14)13(19)16-7-3-2-6-15;/h4-5,8H,2-3,6-7,15H2,1H3,(H,16,19)(H,17,18);1H. The number of carbonyl (C=O) groups excluding carboxylic acids is 2. The van der Waals surface area contributed by atoms with Gasteiger partial charge in [-0.15, -0.1) is 12.4 Å². The third-order valence-electron chi connectivity index (χ3n) is 2.46. The summed E-state index contributed by atoms with van der Waals surface area (Å²) >= 11 is 0. The molecule has 2 amide bonds. The highest BCUT2D eigenvalue weighted by atomic mass is 35.5. The number of carbonyl (C=O) groups is 2. The number of hydrogen-bond donors (Lipinski definition) is 3. The van der Waals surface area contributed by atoms with Crippen LogP contribution in [0.3, 0.4) is 0 Å². The number of halogens is 2. The zero-order valence-corrected chi connectivity index (χ0v) is 12.1. The molecule has 0 fully saturated rings. The molecule has 112 valence electrons. The Morgan fingerprint density at radius 3 is 2.60 bits per heavy atom. The number of anilines is 1. The summed E-state index contributed by atoms with van der Waals surface area (Å²) in [6.07, 6.45) is 1.63. The van der Waals surface area contributed by atoms with Crippen LogP contribution in [0.2, 0.25) is 0 Å². The molecule has 0 atom stereocenters. The minimum absolute atomic E-state index is 0. The Hall–Kier alpha value is -1.66. The highest BCUT2D eigenvalue weighted by Crippen LogP contribution is 2.16. The first-order valence-electron chi connectivity index (χ1n) is 6.10. The van der Waals surface area contributed by atoms with Crippen molar-refractivity contribution in [1.82, 2.24) is 5.32 Å². The molecule has 0 heterocycles. The SMILES string of the molecule is CC(=O)Nc1cc(C(=O)NCCCCN)ccc1F.Cl. The number of hydrogen-bond acceptors (Lipinski definition) is 3. The zero-order chi connectivity index (χ0) is 14.3. The Balaban J connectivity index is 0.00000361. The Kier molecular flexibility index (Phi) is 8.51. The molecular weight excluding hydrogens is 285 g/mol. The minimum Gasteiger partial charge on any atom is -0.352 e. The van der Waals surface area contributed by atoms with Crippen LogP contribution in [0.25, 0.3) is 0 Å². The van der Waals surface area contributed by atoms with Gasteiger partial charge in [0.2, 0.25) is 5.91 Å². The van der Waals surface area contributed by atoms with Crippen LogP contribution >= 0.6 is 12.4 Å². The van der Waals surface area contributed by atoms with E-state index in [-0.39, 0.29) is 29.9 Å². The minimum atomic E-state index is -0.574. The predicted octanol–water partition coefficient (Wildman–Crippen LogP) is 1.67. The second-order valence-corrected chi connectivity index (χ2v) is 4.13. The molecule has 0 aliphatic rings. The van der Waals surface area contributed by atoms with Crippen molar-refractivity contribution in [2.75, 3.05) is 18.4 Å². The maximum absolute atomic E-state index is 13.4. The molecule has 7 heteroatoms. The number of benzene rings is 1. The molecule has 20 heavy (non-hydrogen) atoms. The Morgan fingerprint density at radius 1 is 1.30 bits per heavy atom. The molecule has 0 radical (unpaired) electrons. The maximum Gasteiger partial charge on any atom is 0.251 e. The van der Waals surface area contributed by atoms with Crippen molar-refractivity contribution < 1.29 is 14.0 Å². The molecule has 1 aromatic carbocycles. The van der Waals surface area contributed by atoms with Crippen LogP contribution in [-0.2, 0) is 4.79 Å². The molecule has 5 nitrogen and oxygen atoms in total. The summed E-state index contributed by atoms with van der Waals surface area (Å²) in [5, 5.41) is 5.04. The summed E-state index contributed by atoms with van der Waals surface area (Å²) in [4.78, 5) is 22.7. The summed E-state index contributed by atoms with van der Waals surface area (Å²) in [6.45, 7) is 2.38. The van der Waals surface area contributed by atoms with E-state index in [9.17, 15) is 14.0 Å². The first kappa shape index (κ1) is 18.3. The van der Waals surface area contributed by atoms with Crippen LogP contribution in [0.1, 0.15) is 30.1 Å². The van der Waals surface area contributed by atoms with Gasteiger partial charge in [-0.1, -0.05) is 0 Å². The lowest BCUT2D eigenvalue weighted by atomic mass is 10.1. The van der Waals surface area contributed by atoms with Crippen LogP contribution in [0.4, 0.5) is 10.1 Å². The highest BCUT2D eigenvalue weighted by Gasteiger charge is 2.10. The Morgan fingerprint density at radius 2 is 2.00 bits per heavy atom. The molecule has 1 rings (SSSR count). The van der Waals surface area contributed by atoms with Crippen molar-refractivity contribution in [1.29, 1.82) is 0 Å². The molecule has 4 N–H and O–H groups in total. The second-order valence-electron chi connectivity index (χ2n) is 4.13.